The van der Waals surface area contributed by atoms with Crippen molar-refractivity contribution in [3.63, 3.8) is 0 Å². The molecule has 1 aromatic heterocycles. The largest absolute Gasteiger partial charge is 0.367 e. The number of rotatable bonds is 3. The van der Waals surface area contributed by atoms with Gasteiger partial charge < -0.3 is 15.8 Å². The monoisotopic (exact) mass is 306 g/mol. The maximum absolute atomic E-state index is 12.1. The molecule has 22 heavy (non-hydrogen) atoms. The number of amides is 3. The number of aromatic nitrogens is 1. The van der Waals surface area contributed by atoms with Crippen LogP contribution in [0.15, 0.2) is 18.2 Å². The molecule has 3 amide bonds. The van der Waals surface area contributed by atoms with E-state index in [0.717, 1.165) is 0 Å². The van der Waals surface area contributed by atoms with Gasteiger partial charge in [0, 0.05) is 0 Å². The van der Waals surface area contributed by atoms with Gasteiger partial charge in [0.15, 0.2) is 0 Å². The Kier molecular flexibility index (Phi) is 4.10. The van der Waals surface area contributed by atoms with E-state index < -0.39 is 17.5 Å². The van der Waals surface area contributed by atoms with Gasteiger partial charge in [-0.1, -0.05) is 6.07 Å². The first-order valence-corrected chi connectivity index (χ1v) is 7.14. The first-order valence-electron chi connectivity index (χ1n) is 7.14. The molecule has 1 aliphatic heterocycles. The molecule has 1 aromatic rings. The molecule has 0 aromatic carbocycles. The summed E-state index contributed by atoms with van der Waals surface area (Å²) >= 11 is 0. The molecule has 7 nitrogen and oxygen atoms in total. The number of primary amides is 1. The smallest absolute Gasteiger partial charge is 0.320 e. The molecule has 2 heterocycles. The lowest BCUT2D eigenvalue weighted by Gasteiger charge is -2.27. The fraction of sp³-hybridized carbons (Fsp3) is 0.533. The second kappa shape index (κ2) is 5.57. The maximum atomic E-state index is 12.1. The number of carbonyl (C=O) groups is 2. The third-order valence-electron chi connectivity index (χ3n) is 3.62. The molecule has 1 atom stereocenters. The molecule has 2 rings (SSSR count). The van der Waals surface area contributed by atoms with Crippen molar-refractivity contribution in [1.82, 2.24) is 10.3 Å². The molecule has 0 aliphatic carbocycles. The number of hydrogen-bond acceptors (Lipinski definition) is 4. The number of nitrogens with one attached hydrogen (secondary N) is 2. The second-order valence-electron chi connectivity index (χ2n) is 6.59. The predicted molar refractivity (Wildman–Crippen MR) is 82.6 cm³/mol. The predicted octanol–water partition coefficient (Wildman–Crippen LogP) is 1.65. The van der Waals surface area contributed by atoms with Crippen LogP contribution in [0.25, 0.3) is 0 Å². The second-order valence-corrected chi connectivity index (χ2v) is 6.59. The quantitative estimate of drug-likeness (QED) is 0.789. The third kappa shape index (κ3) is 3.73. The van der Waals surface area contributed by atoms with Crippen molar-refractivity contribution in [2.24, 2.45) is 5.73 Å². The number of pyridine rings is 1. The average Bonchev–Trinajstić information content (AvgIpc) is 2.57. The van der Waals surface area contributed by atoms with Crippen molar-refractivity contribution in [2.75, 3.05) is 5.32 Å². The van der Waals surface area contributed by atoms with Crippen LogP contribution >= 0.6 is 0 Å². The molecule has 4 N–H and O–H groups in total. The summed E-state index contributed by atoms with van der Waals surface area (Å²) in [7, 11) is 0. The number of hydrogen-bond donors (Lipinski definition) is 3. The van der Waals surface area contributed by atoms with Crippen LogP contribution in [-0.2, 0) is 4.74 Å². The molecular formula is C15H22N4O3. The highest BCUT2D eigenvalue weighted by atomic mass is 16.5. The first kappa shape index (κ1) is 16.2. The number of carbonyl (C=O) groups excluding carboxylic acids is 2. The highest BCUT2D eigenvalue weighted by Gasteiger charge is 2.46. The molecule has 0 bridgehead atoms. The van der Waals surface area contributed by atoms with Gasteiger partial charge in [-0.05, 0) is 46.2 Å². The molecule has 120 valence electrons. The molecule has 7 heteroatoms. The van der Waals surface area contributed by atoms with Gasteiger partial charge in [-0.25, -0.2) is 9.78 Å². The number of urea groups is 1. The normalized spacial score (nSPS) is 22.1. The van der Waals surface area contributed by atoms with Crippen molar-refractivity contribution < 1.29 is 14.3 Å². The summed E-state index contributed by atoms with van der Waals surface area (Å²) in [5.41, 5.74) is 4.52. The van der Waals surface area contributed by atoms with Crippen molar-refractivity contribution in [3.05, 3.63) is 23.9 Å². The number of ether oxygens (including phenoxy) is 1. The minimum absolute atomic E-state index is 0.100. The van der Waals surface area contributed by atoms with E-state index >= 15 is 0 Å². The van der Waals surface area contributed by atoms with Gasteiger partial charge in [0.25, 0.3) is 5.91 Å². The van der Waals surface area contributed by atoms with Crippen molar-refractivity contribution in [3.8, 4) is 0 Å². The zero-order valence-corrected chi connectivity index (χ0v) is 13.3. The number of nitrogens with two attached hydrogens (primary N) is 1. The van der Waals surface area contributed by atoms with Crippen LogP contribution in [-0.4, -0.2) is 34.2 Å². The standard InChI is InChI=1S/C15H22N4O3/c1-14(2)8-10(15(3,4)22-14)18-13(21)19-11-7-5-6-9(17-11)12(16)20/h5-7,10H,8H2,1-4H3,(H2,16,20)(H2,17,18,19,21). The van der Waals surface area contributed by atoms with Gasteiger partial charge in [-0.3, -0.25) is 10.1 Å². The van der Waals surface area contributed by atoms with E-state index in [-0.39, 0.29) is 23.2 Å². The summed E-state index contributed by atoms with van der Waals surface area (Å²) in [6.07, 6.45) is 0.710. The van der Waals surface area contributed by atoms with Crippen molar-refractivity contribution in [1.29, 1.82) is 0 Å². The van der Waals surface area contributed by atoms with Crippen LogP contribution in [0.3, 0.4) is 0 Å². The Bertz CT molecular complexity index is 598. The first-order chi connectivity index (χ1) is 10.1. The Labute approximate surface area is 129 Å². The highest BCUT2D eigenvalue weighted by Crippen LogP contribution is 2.37. The number of anilines is 1. The van der Waals surface area contributed by atoms with Gasteiger partial charge in [0.1, 0.15) is 11.5 Å². The zero-order valence-electron chi connectivity index (χ0n) is 13.3. The van der Waals surface area contributed by atoms with Crippen LogP contribution in [0.4, 0.5) is 10.6 Å². The van der Waals surface area contributed by atoms with E-state index in [4.69, 9.17) is 10.5 Å². The lowest BCUT2D eigenvalue weighted by molar-refractivity contribution is -0.0689. The average molecular weight is 306 g/mol. The topological polar surface area (TPSA) is 106 Å². The van der Waals surface area contributed by atoms with Crippen molar-refractivity contribution >= 4 is 17.8 Å². The zero-order chi connectivity index (χ0) is 16.5. The van der Waals surface area contributed by atoms with E-state index in [1.165, 1.54) is 6.07 Å². The lowest BCUT2D eigenvalue weighted by Crippen LogP contribution is -2.47. The van der Waals surface area contributed by atoms with Crippen LogP contribution < -0.4 is 16.4 Å². The minimum Gasteiger partial charge on any atom is -0.367 e. The van der Waals surface area contributed by atoms with Crippen molar-refractivity contribution in [2.45, 2.75) is 51.4 Å². The molecule has 0 radical (unpaired) electrons. The van der Waals surface area contributed by atoms with E-state index in [1.807, 2.05) is 27.7 Å². The van der Waals surface area contributed by atoms with Gasteiger partial charge >= 0.3 is 6.03 Å². The summed E-state index contributed by atoms with van der Waals surface area (Å²) in [5, 5.41) is 5.50. The van der Waals surface area contributed by atoms with Crippen LogP contribution in [0.1, 0.15) is 44.6 Å². The summed E-state index contributed by atoms with van der Waals surface area (Å²) in [6.45, 7) is 7.87. The van der Waals surface area contributed by atoms with E-state index in [9.17, 15) is 9.59 Å². The summed E-state index contributed by atoms with van der Waals surface area (Å²) in [6, 6.07) is 4.16. The summed E-state index contributed by atoms with van der Waals surface area (Å²) in [4.78, 5) is 27.2. The fourth-order valence-corrected chi connectivity index (χ4v) is 2.74. The van der Waals surface area contributed by atoms with E-state index in [2.05, 4.69) is 15.6 Å². The van der Waals surface area contributed by atoms with Crippen LogP contribution in [0.2, 0.25) is 0 Å². The Morgan fingerprint density at radius 2 is 2.00 bits per heavy atom. The number of nitrogens with zero attached hydrogens (tertiary/aromatic N) is 1. The molecule has 0 spiro atoms. The van der Waals surface area contributed by atoms with E-state index in [1.54, 1.807) is 12.1 Å². The van der Waals surface area contributed by atoms with Gasteiger partial charge in [-0.2, -0.15) is 0 Å². The molecule has 1 saturated heterocycles. The van der Waals surface area contributed by atoms with Gasteiger partial charge in [0.2, 0.25) is 0 Å². The molecule has 1 unspecified atom stereocenters. The summed E-state index contributed by atoms with van der Waals surface area (Å²) in [5.74, 6) is -0.374. The van der Waals surface area contributed by atoms with E-state index in [0.29, 0.717) is 6.42 Å². The molecule has 1 fully saturated rings. The highest BCUT2D eigenvalue weighted by molar-refractivity contribution is 5.92. The third-order valence-corrected chi connectivity index (χ3v) is 3.62. The van der Waals surface area contributed by atoms with Crippen LogP contribution in [0, 0.1) is 0 Å². The molecular weight excluding hydrogens is 284 g/mol. The fourth-order valence-electron chi connectivity index (χ4n) is 2.74. The Hall–Kier alpha value is -2.15. The Morgan fingerprint density at radius 1 is 1.32 bits per heavy atom. The Balaban J connectivity index is 2.02. The summed E-state index contributed by atoms with van der Waals surface area (Å²) < 4.78 is 5.93. The maximum Gasteiger partial charge on any atom is 0.320 e. The Morgan fingerprint density at radius 3 is 2.55 bits per heavy atom. The molecule has 1 aliphatic rings. The molecule has 0 saturated carbocycles. The minimum atomic E-state index is -0.642. The SMILES string of the molecule is CC1(C)CC(NC(=O)Nc2cccc(C(N)=O)n2)C(C)(C)O1. The van der Waals surface area contributed by atoms with Gasteiger partial charge in [-0.15, -0.1) is 0 Å². The van der Waals surface area contributed by atoms with Gasteiger partial charge in [0.05, 0.1) is 17.2 Å². The van der Waals surface area contributed by atoms with Crippen LogP contribution in [0.5, 0.6) is 0 Å². The lowest BCUT2D eigenvalue weighted by atomic mass is 9.95.